The fourth-order valence-electron chi connectivity index (χ4n) is 2.51. The highest BCUT2D eigenvalue weighted by atomic mass is 35.5. The Kier molecular flexibility index (Phi) is 4.47. The maximum atomic E-state index is 10.7. The average molecular weight is 335 g/mol. The second kappa shape index (κ2) is 6.52. The summed E-state index contributed by atoms with van der Waals surface area (Å²) in [4.78, 5) is 3.22. The molecule has 1 heterocycles. The average Bonchev–Trinajstić information content (AvgIpc) is 2.88. The van der Waals surface area contributed by atoms with Crippen LogP contribution in [0.3, 0.4) is 0 Å². The van der Waals surface area contributed by atoms with Crippen molar-refractivity contribution in [1.82, 2.24) is 4.98 Å². The van der Waals surface area contributed by atoms with E-state index in [9.17, 15) is 4.21 Å². The first-order chi connectivity index (χ1) is 10.6. The largest absolute Gasteiger partial charge is 0.360 e. The quantitative estimate of drug-likeness (QED) is 0.613. The van der Waals surface area contributed by atoms with Crippen LogP contribution in [0, 0.1) is 0 Å². The number of hydrogen-bond acceptors (Lipinski definition) is 1. The van der Waals surface area contributed by atoms with Gasteiger partial charge >= 0.3 is 0 Å². The summed E-state index contributed by atoms with van der Waals surface area (Å²) >= 11 is 4.10. The van der Waals surface area contributed by atoms with E-state index in [-0.39, 0.29) is 0 Å². The minimum atomic E-state index is -2.04. The van der Waals surface area contributed by atoms with Gasteiger partial charge in [-0.1, -0.05) is 41.9 Å². The van der Waals surface area contributed by atoms with E-state index in [4.69, 9.17) is 16.2 Å². The standard InChI is InChI=1S/C16H15ClN2O2S/c17-15-10-18-16-12(2-1-3-14(15)16)7-4-11-5-8-13(9-6-11)19-22(20)21/h1-3,5-6,8-10,18-19H,4,7H2,(H,20,21). The molecule has 1 aromatic heterocycles. The summed E-state index contributed by atoms with van der Waals surface area (Å²) in [5, 5.41) is 1.79. The molecule has 0 spiro atoms. The number of para-hydroxylation sites is 1. The van der Waals surface area contributed by atoms with Crippen LogP contribution in [-0.2, 0) is 24.1 Å². The third-order valence-corrected chi connectivity index (χ3v) is 4.32. The van der Waals surface area contributed by atoms with Gasteiger partial charge < -0.3 is 4.98 Å². The number of halogens is 1. The van der Waals surface area contributed by atoms with Gasteiger partial charge in [0.25, 0.3) is 11.3 Å². The van der Waals surface area contributed by atoms with Gasteiger partial charge in [0.05, 0.1) is 10.5 Å². The molecule has 3 aromatic rings. The number of aryl methyl sites for hydroxylation is 2. The maximum absolute atomic E-state index is 10.7. The fourth-order valence-corrected chi connectivity index (χ4v) is 3.06. The first-order valence-corrected chi connectivity index (χ1v) is 8.33. The molecule has 6 heteroatoms. The van der Waals surface area contributed by atoms with Crippen molar-refractivity contribution in [3.8, 4) is 0 Å². The van der Waals surface area contributed by atoms with Crippen molar-refractivity contribution >= 4 is 39.5 Å². The molecule has 3 N–H and O–H groups in total. The molecule has 1 unspecified atom stereocenters. The summed E-state index contributed by atoms with van der Waals surface area (Å²) in [7, 11) is 0. The maximum Gasteiger partial charge on any atom is 0.259 e. The summed E-state index contributed by atoms with van der Waals surface area (Å²) < 4.78 is 21.9. The van der Waals surface area contributed by atoms with Crippen molar-refractivity contribution in [2.24, 2.45) is 0 Å². The summed E-state index contributed by atoms with van der Waals surface area (Å²) in [6, 6.07) is 13.6. The van der Waals surface area contributed by atoms with Crippen LogP contribution in [0.5, 0.6) is 0 Å². The molecule has 0 fully saturated rings. The zero-order valence-corrected chi connectivity index (χ0v) is 13.2. The van der Waals surface area contributed by atoms with E-state index in [1.165, 1.54) is 11.1 Å². The molecule has 3 rings (SSSR count). The number of rotatable bonds is 5. The molecular weight excluding hydrogens is 320 g/mol. The predicted octanol–water partition coefficient (Wildman–Crippen LogP) is 4.16. The lowest BCUT2D eigenvalue weighted by Gasteiger charge is -2.06. The molecule has 22 heavy (non-hydrogen) atoms. The minimum Gasteiger partial charge on any atom is -0.360 e. The monoisotopic (exact) mass is 334 g/mol. The number of aromatic nitrogens is 1. The number of hydrogen-bond donors (Lipinski definition) is 3. The Bertz CT molecular complexity index is 815. The number of anilines is 1. The van der Waals surface area contributed by atoms with Crippen LogP contribution in [0.1, 0.15) is 11.1 Å². The molecule has 1 atom stereocenters. The SMILES string of the molecule is O=S(O)Nc1ccc(CCc2cccc3c(Cl)c[nH]c23)cc1. The second-order valence-electron chi connectivity index (χ2n) is 5.02. The van der Waals surface area contributed by atoms with Gasteiger partial charge in [-0.25, -0.2) is 4.21 Å². The number of benzene rings is 2. The van der Waals surface area contributed by atoms with Gasteiger partial charge in [-0.15, -0.1) is 0 Å². The summed E-state index contributed by atoms with van der Waals surface area (Å²) in [5.41, 5.74) is 4.11. The number of aromatic amines is 1. The van der Waals surface area contributed by atoms with Gasteiger partial charge in [0.1, 0.15) is 0 Å². The van der Waals surface area contributed by atoms with Crippen molar-refractivity contribution < 1.29 is 8.76 Å². The van der Waals surface area contributed by atoms with Crippen LogP contribution in [0.2, 0.25) is 5.02 Å². The molecule has 2 aromatic carbocycles. The summed E-state index contributed by atoms with van der Waals surface area (Å²) in [5.74, 6) is 0. The third-order valence-electron chi connectivity index (χ3n) is 3.59. The molecule has 0 aliphatic heterocycles. The molecule has 0 radical (unpaired) electrons. The first kappa shape index (κ1) is 15.1. The van der Waals surface area contributed by atoms with Gasteiger partial charge in [0, 0.05) is 17.3 Å². The normalized spacial score (nSPS) is 12.5. The van der Waals surface area contributed by atoms with E-state index >= 15 is 0 Å². The molecule has 0 aliphatic rings. The lowest BCUT2D eigenvalue weighted by molar-refractivity contribution is 0.570. The molecule has 4 nitrogen and oxygen atoms in total. The van der Waals surface area contributed by atoms with Gasteiger partial charge in [-0.2, -0.15) is 0 Å². The van der Waals surface area contributed by atoms with E-state index in [1.54, 1.807) is 12.1 Å². The van der Waals surface area contributed by atoms with Crippen LogP contribution in [0.25, 0.3) is 10.9 Å². The lowest BCUT2D eigenvalue weighted by atomic mass is 10.0. The molecule has 0 bridgehead atoms. The zero-order valence-electron chi connectivity index (χ0n) is 11.7. The molecule has 0 saturated heterocycles. The van der Waals surface area contributed by atoms with Gasteiger partial charge in [0.2, 0.25) is 0 Å². The Balaban J connectivity index is 1.72. The van der Waals surface area contributed by atoms with Crippen molar-refractivity contribution in [1.29, 1.82) is 0 Å². The van der Waals surface area contributed by atoms with Crippen molar-refractivity contribution in [3.63, 3.8) is 0 Å². The van der Waals surface area contributed by atoms with E-state index in [0.717, 1.165) is 28.8 Å². The van der Waals surface area contributed by atoms with Crippen LogP contribution >= 0.6 is 11.6 Å². The van der Waals surface area contributed by atoms with Crippen LogP contribution in [0.15, 0.2) is 48.7 Å². The van der Waals surface area contributed by atoms with Crippen LogP contribution < -0.4 is 4.72 Å². The van der Waals surface area contributed by atoms with Gasteiger partial charge in [-0.05, 0) is 36.1 Å². The predicted molar refractivity (Wildman–Crippen MR) is 91.6 cm³/mol. The minimum absolute atomic E-state index is 0.628. The number of H-pyrrole nitrogens is 1. The first-order valence-electron chi connectivity index (χ1n) is 6.84. The number of fused-ring (bicyclic) bond motifs is 1. The Morgan fingerprint density at radius 2 is 1.91 bits per heavy atom. The van der Waals surface area contributed by atoms with Crippen LogP contribution in [0.4, 0.5) is 5.69 Å². The lowest BCUT2D eigenvalue weighted by Crippen LogP contribution is -2.01. The highest BCUT2D eigenvalue weighted by Crippen LogP contribution is 2.26. The van der Waals surface area contributed by atoms with Crippen molar-refractivity contribution in [2.45, 2.75) is 12.8 Å². The molecule has 114 valence electrons. The Morgan fingerprint density at radius 1 is 1.14 bits per heavy atom. The highest BCUT2D eigenvalue weighted by molar-refractivity contribution is 7.80. The Hall–Kier alpha value is -1.82. The zero-order chi connectivity index (χ0) is 15.5. The van der Waals surface area contributed by atoms with E-state index in [0.29, 0.717) is 5.69 Å². The van der Waals surface area contributed by atoms with Crippen LogP contribution in [-0.4, -0.2) is 13.7 Å². The van der Waals surface area contributed by atoms with E-state index < -0.39 is 11.3 Å². The molecule has 0 aliphatic carbocycles. The summed E-state index contributed by atoms with van der Waals surface area (Å²) in [6.45, 7) is 0. The highest BCUT2D eigenvalue weighted by Gasteiger charge is 2.06. The molecule has 0 amide bonds. The van der Waals surface area contributed by atoms with E-state index in [1.807, 2.05) is 30.5 Å². The molecular formula is C16H15ClN2O2S. The fraction of sp³-hybridized carbons (Fsp3) is 0.125. The van der Waals surface area contributed by atoms with Gasteiger partial charge in [0.15, 0.2) is 0 Å². The number of nitrogens with one attached hydrogen (secondary N) is 2. The smallest absolute Gasteiger partial charge is 0.259 e. The van der Waals surface area contributed by atoms with E-state index in [2.05, 4.69) is 15.8 Å². The topological polar surface area (TPSA) is 65.1 Å². The Morgan fingerprint density at radius 3 is 2.64 bits per heavy atom. The third kappa shape index (κ3) is 3.32. The van der Waals surface area contributed by atoms with Crippen molar-refractivity contribution in [2.75, 3.05) is 4.72 Å². The van der Waals surface area contributed by atoms with Gasteiger partial charge in [-0.3, -0.25) is 9.27 Å². The van der Waals surface area contributed by atoms with Crippen molar-refractivity contribution in [3.05, 3.63) is 64.8 Å². The summed E-state index contributed by atoms with van der Waals surface area (Å²) in [6.07, 6.45) is 3.59. The second-order valence-corrected chi connectivity index (χ2v) is 6.13. The molecule has 0 saturated carbocycles. The Labute approximate surface area is 135 Å².